The van der Waals surface area contributed by atoms with E-state index in [1.807, 2.05) is 12.1 Å². The van der Waals surface area contributed by atoms with Gasteiger partial charge in [-0.05, 0) is 50.4 Å². The van der Waals surface area contributed by atoms with Gasteiger partial charge in [0.1, 0.15) is 5.75 Å². The Kier molecular flexibility index (Phi) is 6.07. The number of hydrogen-bond acceptors (Lipinski definition) is 3. The van der Waals surface area contributed by atoms with Crippen LogP contribution in [0.3, 0.4) is 0 Å². The van der Waals surface area contributed by atoms with E-state index < -0.39 is 0 Å². The molecular weight excluding hydrogens is 260 g/mol. The van der Waals surface area contributed by atoms with Crippen LogP contribution in [0, 0.1) is 5.92 Å². The first-order chi connectivity index (χ1) is 10.1. The summed E-state index contributed by atoms with van der Waals surface area (Å²) in [5.41, 5.74) is 7.63. The van der Waals surface area contributed by atoms with Crippen LogP contribution in [0.25, 0.3) is 0 Å². The van der Waals surface area contributed by atoms with E-state index in [2.05, 4.69) is 31.0 Å². The smallest absolute Gasteiger partial charge is 0.118 e. The SMILES string of the molecule is COc1ccc(C(N)C(C)N(C)CC2CCCCC2)cc1. The van der Waals surface area contributed by atoms with Gasteiger partial charge in [0.15, 0.2) is 0 Å². The molecule has 1 saturated carbocycles. The first kappa shape index (κ1) is 16.3. The van der Waals surface area contributed by atoms with E-state index in [-0.39, 0.29) is 6.04 Å². The molecule has 1 aromatic rings. The summed E-state index contributed by atoms with van der Waals surface area (Å²) in [4.78, 5) is 2.44. The second-order valence-electron chi connectivity index (χ2n) is 6.48. The topological polar surface area (TPSA) is 38.5 Å². The number of ether oxygens (including phenoxy) is 1. The van der Waals surface area contributed by atoms with Crippen LogP contribution in [0.15, 0.2) is 24.3 Å². The first-order valence-corrected chi connectivity index (χ1v) is 8.21. The summed E-state index contributed by atoms with van der Waals surface area (Å²) in [6.45, 7) is 3.41. The molecule has 2 atom stereocenters. The fourth-order valence-electron chi connectivity index (χ4n) is 3.32. The highest BCUT2D eigenvalue weighted by atomic mass is 16.5. The molecular formula is C18H30N2O. The molecule has 0 amide bonds. The number of rotatable bonds is 6. The molecule has 2 rings (SSSR count). The van der Waals surface area contributed by atoms with Crippen molar-refractivity contribution < 1.29 is 4.74 Å². The van der Waals surface area contributed by atoms with Crippen molar-refractivity contribution in [3.8, 4) is 5.75 Å². The average Bonchev–Trinajstić information content (AvgIpc) is 2.54. The number of likely N-dealkylation sites (N-methyl/N-ethyl adjacent to an activating group) is 1. The van der Waals surface area contributed by atoms with Gasteiger partial charge in [-0.25, -0.2) is 0 Å². The Labute approximate surface area is 129 Å². The van der Waals surface area contributed by atoms with Crippen LogP contribution in [0.5, 0.6) is 5.75 Å². The van der Waals surface area contributed by atoms with Gasteiger partial charge in [-0.15, -0.1) is 0 Å². The molecule has 0 bridgehead atoms. The van der Waals surface area contributed by atoms with Crippen molar-refractivity contribution in [2.24, 2.45) is 11.7 Å². The molecule has 2 N–H and O–H groups in total. The number of nitrogens with zero attached hydrogens (tertiary/aromatic N) is 1. The summed E-state index contributed by atoms with van der Waals surface area (Å²) < 4.78 is 5.21. The van der Waals surface area contributed by atoms with Crippen molar-refractivity contribution in [3.05, 3.63) is 29.8 Å². The van der Waals surface area contributed by atoms with E-state index in [0.29, 0.717) is 6.04 Å². The minimum Gasteiger partial charge on any atom is -0.497 e. The first-order valence-electron chi connectivity index (χ1n) is 8.21. The predicted molar refractivity (Wildman–Crippen MR) is 88.6 cm³/mol. The van der Waals surface area contributed by atoms with Gasteiger partial charge in [0.25, 0.3) is 0 Å². The highest BCUT2D eigenvalue weighted by molar-refractivity contribution is 5.29. The van der Waals surface area contributed by atoms with E-state index >= 15 is 0 Å². The van der Waals surface area contributed by atoms with E-state index in [1.165, 1.54) is 44.2 Å². The fourth-order valence-corrected chi connectivity index (χ4v) is 3.32. The number of methoxy groups -OCH3 is 1. The van der Waals surface area contributed by atoms with Gasteiger partial charge in [-0.3, -0.25) is 0 Å². The molecule has 0 aromatic heterocycles. The van der Waals surface area contributed by atoms with Crippen LogP contribution >= 0.6 is 0 Å². The lowest BCUT2D eigenvalue weighted by molar-refractivity contribution is 0.173. The minimum absolute atomic E-state index is 0.0458. The van der Waals surface area contributed by atoms with Crippen molar-refractivity contribution in [3.63, 3.8) is 0 Å². The van der Waals surface area contributed by atoms with Crippen molar-refractivity contribution in [1.29, 1.82) is 0 Å². The van der Waals surface area contributed by atoms with Gasteiger partial charge in [0, 0.05) is 18.6 Å². The molecule has 118 valence electrons. The Hall–Kier alpha value is -1.06. The second kappa shape index (κ2) is 7.81. The monoisotopic (exact) mass is 290 g/mol. The van der Waals surface area contributed by atoms with Crippen LogP contribution in [0.2, 0.25) is 0 Å². The fraction of sp³-hybridized carbons (Fsp3) is 0.667. The third-order valence-corrected chi connectivity index (χ3v) is 4.99. The Morgan fingerprint density at radius 1 is 1.19 bits per heavy atom. The Bertz CT molecular complexity index is 412. The Morgan fingerprint density at radius 3 is 2.38 bits per heavy atom. The highest BCUT2D eigenvalue weighted by Gasteiger charge is 2.22. The number of benzene rings is 1. The van der Waals surface area contributed by atoms with Gasteiger partial charge in [0.05, 0.1) is 7.11 Å². The maximum atomic E-state index is 6.45. The van der Waals surface area contributed by atoms with Gasteiger partial charge in [-0.2, -0.15) is 0 Å². The largest absolute Gasteiger partial charge is 0.497 e. The molecule has 0 radical (unpaired) electrons. The van der Waals surface area contributed by atoms with Crippen LogP contribution in [0.1, 0.15) is 50.6 Å². The van der Waals surface area contributed by atoms with Gasteiger partial charge >= 0.3 is 0 Å². The molecule has 3 heteroatoms. The van der Waals surface area contributed by atoms with Gasteiger partial charge in [-0.1, -0.05) is 31.4 Å². The molecule has 21 heavy (non-hydrogen) atoms. The molecule has 3 nitrogen and oxygen atoms in total. The van der Waals surface area contributed by atoms with E-state index in [0.717, 1.165) is 11.7 Å². The summed E-state index contributed by atoms with van der Waals surface area (Å²) in [5, 5.41) is 0. The molecule has 1 aliphatic rings. The highest BCUT2D eigenvalue weighted by Crippen LogP contribution is 2.26. The number of nitrogens with two attached hydrogens (primary N) is 1. The zero-order chi connectivity index (χ0) is 15.2. The molecule has 0 aliphatic heterocycles. The summed E-state index contributed by atoms with van der Waals surface area (Å²) in [6.07, 6.45) is 6.99. The number of hydrogen-bond donors (Lipinski definition) is 1. The normalized spacial score (nSPS) is 19.5. The van der Waals surface area contributed by atoms with Crippen molar-refractivity contribution >= 4 is 0 Å². The van der Waals surface area contributed by atoms with E-state index in [9.17, 15) is 0 Å². The molecule has 1 fully saturated rings. The van der Waals surface area contributed by atoms with Crippen molar-refractivity contribution in [2.75, 3.05) is 20.7 Å². The zero-order valence-corrected chi connectivity index (χ0v) is 13.7. The second-order valence-corrected chi connectivity index (χ2v) is 6.48. The Balaban J connectivity index is 1.91. The van der Waals surface area contributed by atoms with E-state index in [4.69, 9.17) is 10.5 Å². The van der Waals surface area contributed by atoms with Crippen molar-refractivity contribution in [2.45, 2.75) is 51.1 Å². The lowest BCUT2D eigenvalue weighted by atomic mass is 9.88. The molecule has 1 aliphatic carbocycles. The maximum absolute atomic E-state index is 6.45. The van der Waals surface area contributed by atoms with E-state index in [1.54, 1.807) is 7.11 Å². The lowest BCUT2D eigenvalue weighted by Crippen LogP contribution is -2.41. The van der Waals surface area contributed by atoms with Crippen LogP contribution in [-0.2, 0) is 0 Å². The molecule has 2 unspecified atom stereocenters. The third-order valence-electron chi connectivity index (χ3n) is 4.99. The Morgan fingerprint density at radius 2 is 1.81 bits per heavy atom. The summed E-state index contributed by atoms with van der Waals surface area (Å²) in [7, 11) is 3.90. The predicted octanol–water partition coefficient (Wildman–Crippen LogP) is 3.60. The molecule has 0 spiro atoms. The van der Waals surface area contributed by atoms with Crippen LogP contribution in [-0.4, -0.2) is 31.6 Å². The summed E-state index contributed by atoms with van der Waals surface area (Å²) in [5.74, 6) is 1.74. The quantitative estimate of drug-likeness (QED) is 0.870. The maximum Gasteiger partial charge on any atom is 0.118 e. The molecule has 0 heterocycles. The zero-order valence-electron chi connectivity index (χ0n) is 13.7. The van der Waals surface area contributed by atoms with Crippen LogP contribution in [0.4, 0.5) is 0 Å². The third kappa shape index (κ3) is 4.45. The van der Waals surface area contributed by atoms with Gasteiger partial charge < -0.3 is 15.4 Å². The van der Waals surface area contributed by atoms with Gasteiger partial charge in [0.2, 0.25) is 0 Å². The standard InChI is InChI=1S/C18H30N2O/c1-14(20(2)13-15-7-5-4-6-8-15)18(19)16-9-11-17(21-3)12-10-16/h9-12,14-15,18H,4-8,13,19H2,1-3H3. The van der Waals surface area contributed by atoms with Crippen molar-refractivity contribution in [1.82, 2.24) is 4.90 Å². The van der Waals surface area contributed by atoms with Crippen LogP contribution < -0.4 is 10.5 Å². The minimum atomic E-state index is 0.0458. The molecule has 0 saturated heterocycles. The molecule has 1 aromatic carbocycles. The summed E-state index contributed by atoms with van der Waals surface area (Å²) >= 11 is 0. The summed E-state index contributed by atoms with van der Waals surface area (Å²) in [6, 6.07) is 8.53. The lowest BCUT2D eigenvalue weighted by Gasteiger charge is -2.34. The average molecular weight is 290 g/mol.